The Morgan fingerprint density at radius 2 is 2.50 bits per heavy atom. The zero-order chi connectivity index (χ0) is 7.98. The highest BCUT2D eigenvalue weighted by Gasteiger charge is 1.91. The lowest BCUT2D eigenvalue weighted by Gasteiger charge is -1.95. The first-order valence-electron chi connectivity index (χ1n) is 2.71. The van der Waals surface area contributed by atoms with Crippen LogP contribution in [0.4, 0.5) is 0 Å². The van der Waals surface area contributed by atoms with Crippen molar-refractivity contribution in [1.82, 2.24) is 0 Å². The molecule has 0 aromatic rings. The molecular formula is C7H10O2S. The third-order valence-corrected chi connectivity index (χ3v) is 1.31. The van der Waals surface area contributed by atoms with E-state index in [1.165, 1.54) is 5.41 Å². The highest BCUT2D eigenvalue weighted by Crippen LogP contribution is 1.92. The highest BCUT2D eigenvalue weighted by molar-refractivity contribution is 7.83. The molecule has 0 aliphatic heterocycles. The zero-order valence-corrected chi connectivity index (χ0v) is 6.74. The molecule has 0 N–H and O–H groups in total. The lowest BCUT2D eigenvalue weighted by Crippen LogP contribution is -1.95. The van der Waals surface area contributed by atoms with E-state index in [0.29, 0.717) is 6.61 Å². The Kier molecular flexibility index (Phi) is 4.85. The maximum absolute atomic E-state index is 10.6. The van der Waals surface area contributed by atoms with Crippen LogP contribution in [0.1, 0.15) is 6.92 Å². The molecular weight excluding hydrogens is 148 g/mol. The van der Waals surface area contributed by atoms with Gasteiger partial charge in [-0.2, -0.15) is 0 Å². The second-order valence-corrected chi connectivity index (χ2v) is 2.79. The van der Waals surface area contributed by atoms with Crippen LogP contribution in [-0.4, -0.2) is 10.8 Å². The van der Waals surface area contributed by atoms with Crippen molar-refractivity contribution in [3.63, 3.8) is 0 Å². The normalized spacial score (nSPS) is 11.7. The van der Waals surface area contributed by atoms with Gasteiger partial charge in [0.15, 0.2) is 11.1 Å². The summed E-state index contributed by atoms with van der Waals surface area (Å²) in [5.41, 5.74) is 3.20. The summed E-state index contributed by atoms with van der Waals surface area (Å²) in [6.07, 6.45) is 0. The molecule has 0 aliphatic carbocycles. The highest BCUT2D eigenvalue weighted by atomic mass is 32.2. The quantitative estimate of drug-likeness (QED) is 0.458. The summed E-state index contributed by atoms with van der Waals surface area (Å²) < 4.78 is 15.4. The van der Waals surface area contributed by atoms with E-state index in [-0.39, 0.29) is 0 Å². The molecule has 0 aromatic carbocycles. The van der Waals surface area contributed by atoms with Gasteiger partial charge >= 0.3 is 0 Å². The molecule has 0 aliphatic rings. The van der Waals surface area contributed by atoms with Crippen LogP contribution in [0, 0.1) is 0 Å². The van der Waals surface area contributed by atoms with E-state index in [1.54, 1.807) is 6.92 Å². The summed E-state index contributed by atoms with van der Waals surface area (Å²) in [4.78, 5) is 0. The Balaban J connectivity index is 3.60. The van der Waals surface area contributed by atoms with Gasteiger partial charge in [-0.25, -0.2) is 4.21 Å². The molecule has 1 unspecified atom stereocenters. The van der Waals surface area contributed by atoms with Gasteiger partial charge < -0.3 is 0 Å². The van der Waals surface area contributed by atoms with E-state index < -0.39 is 11.1 Å². The van der Waals surface area contributed by atoms with Crippen LogP contribution in [0.2, 0.25) is 0 Å². The lowest BCUT2D eigenvalue weighted by molar-refractivity contribution is 0.389. The van der Waals surface area contributed by atoms with Crippen molar-refractivity contribution in [2.75, 3.05) is 6.61 Å². The minimum atomic E-state index is -1.40. The van der Waals surface area contributed by atoms with Gasteiger partial charge in [-0.3, -0.25) is 4.18 Å². The predicted octanol–water partition coefficient (Wildman–Crippen LogP) is 1.54. The van der Waals surface area contributed by atoms with Crippen molar-refractivity contribution in [2.45, 2.75) is 6.92 Å². The summed E-state index contributed by atoms with van der Waals surface area (Å²) in [6, 6.07) is 0. The van der Waals surface area contributed by atoms with Gasteiger partial charge in [0.25, 0.3) is 0 Å². The van der Waals surface area contributed by atoms with Crippen LogP contribution in [0.15, 0.2) is 29.9 Å². The molecule has 3 heteroatoms. The van der Waals surface area contributed by atoms with E-state index >= 15 is 0 Å². The molecule has 0 fully saturated rings. The first kappa shape index (κ1) is 9.37. The van der Waals surface area contributed by atoms with Crippen LogP contribution in [-0.2, 0) is 15.3 Å². The smallest absolute Gasteiger partial charge is 0.189 e. The first-order valence-corrected chi connectivity index (χ1v) is 3.85. The maximum Gasteiger partial charge on any atom is 0.189 e. The summed E-state index contributed by atoms with van der Waals surface area (Å²) in [5.74, 6) is 0. The van der Waals surface area contributed by atoms with Gasteiger partial charge in [-0.15, -0.1) is 5.73 Å². The fourth-order valence-electron chi connectivity index (χ4n) is 0.261. The van der Waals surface area contributed by atoms with Gasteiger partial charge in [0, 0.05) is 0 Å². The van der Waals surface area contributed by atoms with Crippen LogP contribution < -0.4 is 0 Å². The average molecular weight is 158 g/mol. The topological polar surface area (TPSA) is 26.3 Å². The molecule has 0 rings (SSSR count). The molecule has 10 heavy (non-hydrogen) atoms. The molecule has 0 heterocycles. The number of hydrogen-bond donors (Lipinski definition) is 0. The van der Waals surface area contributed by atoms with E-state index in [0.717, 1.165) is 5.57 Å². The van der Waals surface area contributed by atoms with E-state index in [2.05, 4.69) is 18.9 Å². The van der Waals surface area contributed by atoms with Gasteiger partial charge in [0.1, 0.15) is 0 Å². The van der Waals surface area contributed by atoms with Crippen molar-refractivity contribution < 1.29 is 8.39 Å². The fraction of sp³-hybridized carbons (Fsp3) is 0.286. The monoisotopic (exact) mass is 158 g/mol. The third-order valence-electron chi connectivity index (χ3n) is 0.601. The third kappa shape index (κ3) is 5.51. The largest absolute Gasteiger partial charge is 0.282 e. The molecule has 56 valence electrons. The fourth-order valence-corrected chi connectivity index (χ4v) is 0.782. The minimum Gasteiger partial charge on any atom is -0.282 e. The molecule has 0 aromatic heterocycles. The molecule has 0 bridgehead atoms. The first-order chi connectivity index (χ1) is 4.66. The maximum atomic E-state index is 10.6. The Hall–Kier alpha value is -0.630. The Morgan fingerprint density at radius 1 is 1.90 bits per heavy atom. The molecule has 1 atom stereocenters. The summed E-state index contributed by atoms with van der Waals surface area (Å²) in [6.45, 7) is 8.94. The minimum absolute atomic E-state index is 0.310. The second kappa shape index (κ2) is 5.18. The molecule has 0 saturated heterocycles. The van der Waals surface area contributed by atoms with Gasteiger partial charge in [0.05, 0.1) is 12.0 Å². The van der Waals surface area contributed by atoms with Crippen molar-refractivity contribution in [3.8, 4) is 0 Å². The number of hydrogen-bond acceptors (Lipinski definition) is 2. The van der Waals surface area contributed by atoms with E-state index in [4.69, 9.17) is 4.18 Å². The van der Waals surface area contributed by atoms with Crippen molar-refractivity contribution in [1.29, 1.82) is 0 Å². The van der Waals surface area contributed by atoms with Crippen molar-refractivity contribution in [3.05, 3.63) is 29.9 Å². The summed E-state index contributed by atoms with van der Waals surface area (Å²) in [7, 11) is 0. The Labute approximate surface area is 63.6 Å². The zero-order valence-electron chi connectivity index (χ0n) is 5.92. The van der Waals surface area contributed by atoms with Gasteiger partial charge in [0.2, 0.25) is 0 Å². The molecule has 0 radical (unpaired) electrons. The lowest BCUT2D eigenvalue weighted by atomic mass is 10.4. The number of rotatable bonds is 4. The standard InChI is InChI=1S/C7H10O2S/c1-4-5-10(8)9-6-7(2)3/h5H,1-2,6H2,3H3. The van der Waals surface area contributed by atoms with Crippen molar-refractivity contribution in [2.24, 2.45) is 0 Å². The van der Waals surface area contributed by atoms with Crippen molar-refractivity contribution >= 4 is 11.1 Å². The van der Waals surface area contributed by atoms with Crippen LogP contribution >= 0.6 is 0 Å². The van der Waals surface area contributed by atoms with E-state index in [9.17, 15) is 4.21 Å². The SMILES string of the molecule is C=C=CS(=O)OCC(=C)C. The van der Waals surface area contributed by atoms with Crippen LogP contribution in [0.5, 0.6) is 0 Å². The molecule has 2 nitrogen and oxygen atoms in total. The predicted molar refractivity (Wildman–Crippen MR) is 42.6 cm³/mol. The van der Waals surface area contributed by atoms with E-state index in [1.807, 2.05) is 0 Å². The molecule has 0 spiro atoms. The molecule has 0 saturated carbocycles. The Bertz CT molecular complexity index is 190. The summed E-state index contributed by atoms with van der Waals surface area (Å²) >= 11 is -1.40. The average Bonchev–Trinajstić information content (AvgIpc) is 1.85. The molecule has 0 amide bonds. The van der Waals surface area contributed by atoms with Gasteiger partial charge in [-0.05, 0) is 6.92 Å². The Morgan fingerprint density at radius 3 is 2.90 bits per heavy atom. The van der Waals surface area contributed by atoms with Gasteiger partial charge in [-0.1, -0.05) is 18.7 Å². The van der Waals surface area contributed by atoms with Crippen LogP contribution in [0.25, 0.3) is 0 Å². The second-order valence-electron chi connectivity index (χ2n) is 1.80. The van der Waals surface area contributed by atoms with Crippen LogP contribution in [0.3, 0.4) is 0 Å². The summed E-state index contributed by atoms with van der Waals surface area (Å²) in [5, 5.41) is 1.25.